The molecule has 1 aliphatic rings. The average Bonchev–Trinajstić information content (AvgIpc) is 3.20. The Morgan fingerprint density at radius 1 is 1.48 bits per heavy atom. The Morgan fingerprint density at radius 3 is 3.13 bits per heavy atom. The Hall–Kier alpha value is -1.70. The van der Waals surface area contributed by atoms with Crippen LogP contribution in [0.2, 0.25) is 5.02 Å². The normalized spacial score (nSPS) is 17.2. The second kappa shape index (κ2) is 7.72. The number of halogens is 1. The number of nitrogens with one attached hydrogen (secondary N) is 2. The number of hydrogen-bond acceptors (Lipinski definition) is 6. The minimum absolute atomic E-state index is 0.0398. The minimum Gasteiger partial charge on any atom is -0.376 e. The van der Waals surface area contributed by atoms with E-state index in [0.29, 0.717) is 22.5 Å². The van der Waals surface area contributed by atoms with E-state index >= 15 is 0 Å². The van der Waals surface area contributed by atoms with Gasteiger partial charge in [-0.3, -0.25) is 4.79 Å². The molecule has 3 rings (SSSR count). The first-order valence-corrected chi connectivity index (χ1v) is 8.66. The van der Waals surface area contributed by atoms with E-state index in [2.05, 4.69) is 20.6 Å². The summed E-state index contributed by atoms with van der Waals surface area (Å²) in [5.74, 6) is 0.625. The number of pyridine rings is 1. The second-order valence-corrected chi connectivity index (χ2v) is 6.54. The largest absolute Gasteiger partial charge is 0.376 e. The van der Waals surface area contributed by atoms with Gasteiger partial charge in [0, 0.05) is 24.7 Å². The van der Waals surface area contributed by atoms with E-state index < -0.39 is 0 Å². The van der Waals surface area contributed by atoms with E-state index in [4.69, 9.17) is 16.3 Å². The van der Waals surface area contributed by atoms with Gasteiger partial charge in [-0.15, -0.1) is 11.3 Å². The van der Waals surface area contributed by atoms with Crippen molar-refractivity contribution in [3.8, 4) is 0 Å². The number of carbonyl (C=O) groups excluding carboxylic acids is 1. The van der Waals surface area contributed by atoms with Gasteiger partial charge in [-0.1, -0.05) is 11.6 Å². The van der Waals surface area contributed by atoms with Crippen LogP contribution in [0, 0.1) is 0 Å². The first kappa shape index (κ1) is 16.2. The van der Waals surface area contributed by atoms with Crippen molar-refractivity contribution in [2.45, 2.75) is 25.4 Å². The summed E-state index contributed by atoms with van der Waals surface area (Å²) in [5.41, 5.74) is 0.733. The van der Waals surface area contributed by atoms with Gasteiger partial charge in [0.2, 0.25) is 5.91 Å². The Kier molecular flexibility index (Phi) is 5.43. The first-order valence-electron chi connectivity index (χ1n) is 7.40. The number of thiazole rings is 1. The zero-order valence-electron chi connectivity index (χ0n) is 12.4. The highest BCUT2D eigenvalue weighted by Gasteiger charge is 2.16. The van der Waals surface area contributed by atoms with Gasteiger partial charge in [-0.25, -0.2) is 9.97 Å². The number of hydrogen-bond donors (Lipinski definition) is 2. The summed E-state index contributed by atoms with van der Waals surface area (Å²) in [4.78, 5) is 20.5. The van der Waals surface area contributed by atoms with Crippen LogP contribution in [0.3, 0.4) is 0 Å². The maximum atomic E-state index is 11.9. The molecule has 3 heterocycles. The lowest BCUT2D eigenvalue weighted by Gasteiger charge is -2.09. The molecule has 1 amide bonds. The predicted molar refractivity (Wildman–Crippen MR) is 90.3 cm³/mol. The topological polar surface area (TPSA) is 76.1 Å². The van der Waals surface area contributed by atoms with Crippen LogP contribution in [0.25, 0.3) is 0 Å². The lowest BCUT2D eigenvalue weighted by atomic mass is 10.2. The molecule has 2 aromatic rings. The van der Waals surface area contributed by atoms with Crippen molar-refractivity contribution < 1.29 is 9.53 Å². The van der Waals surface area contributed by atoms with Crippen LogP contribution >= 0.6 is 22.9 Å². The van der Waals surface area contributed by atoms with Crippen LogP contribution in [0.15, 0.2) is 23.7 Å². The molecule has 2 N–H and O–H groups in total. The molecule has 122 valence electrons. The van der Waals surface area contributed by atoms with Crippen LogP contribution < -0.4 is 10.6 Å². The van der Waals surface area contributed by atoms with Gasteiger partial charge in [0.1, 0.15) is 5.82 Å². The predicted octanol–water partition coefficient (Wildman–Crippen LogP) is 2.77. The molecule has 1 saturated heterocycles. The van der Waals surface area contributed by atoms with Gasteiger partial charge in [0.15, 0.2) is 5.13 Å². The van der Waals surface area contributed by atoms with Gasteiger partial charge in [0.25, 0.3) is 0 Å². The van der Waals surface area contributed by atoms with E-state index in [0.717, 1.165) is 25.1 Å². The average molecular weight is 353 g/mol. The van der Waals surface area contributed by atoms with Crippen molar-refractivity contribution in [1.82, 2.24) is 15.3 Å². The Labute approximate surface area is 143 Å². The standard InChI is InChI=1S/C15H17ClN4O2S/c16-10-3-4-13(17-7-10)20-15-19-11(9-23-15)6-14(21)18-8-12-2-1-5-22-12/h3-4,7,9,12H,1-2,5-6,8H2,(H,18,21)(H,17,19,20)/t12-/m1/s1. The van der Waals surface area contributed by atoms with E-state index in [1.807, 2.05) is 5.38 Å². The highest BCUT2D eigenvalue weighted by molar-refractivity contribution is 7.13. The molecule has 6 nitrogen and oxygen atoms in total. The SMILES string of the molecule is O=C(Cc1csc(Nc2ccc(Cl)cn2)n1)NC[C@H]1CCCO1. The molecule has 0 spiro atoms. The van der Waals surface area contributed by atoms with Gasteiger partial charge in [-0.05, 0) is 25.0 Å². The molecular formula is C15H17ClN4O2S. The summed E-state index contributed by atoms with van der Waals surface area (Å²) in [6, 6.07) is 3.53. The van der Waals surface area contributed by atoms with Crippen LogP contribution in [-0.4, -0.2) is 35.1 Å². The van der Waals surface area contributed by atoms with E-state index in [-0.39, 0.29) is 18.4 Å². The fourth-order valence-corrected chi connectivity index (χ4v) is 3.09. The lowest BCUT2D eigenvalue weighted by Crippen LogP contribution is -2.32. The molecule has 0 bridgehead atoms. The fraction of sp³-hybridized carbons (Fsp3) is 0.400. The third kappa shape index (κ3) is 4.89. The van der Waals surface area contributed by atoms with Crippen LogP contribution in [0.1, 0.15) is 18.5 Å². The molecule has 0 aliphatic carbocycles. The van der Waals surface area contributed by atoms with Gasteiger partial charge < -0.3 is 15.4 Å². The molecule has 0 unspecified atom stereocenters. The molecule has 1 fully saturated rings. The number of anilines is 2. The van der Waals surface area contributed by atoms with Crippen LogP contribution in [0.5, 0.6) is 0 Å². The van der Waals surface area contributed by atoms with Gasteiger partial charge >= 0.3 is 0 Å². The summed E-state index contributed by atoms with van der Waals surface area (Å²) in [6.07, 6.45) is 4.07. The molecule has 1 aliphatic heterocycles. The Bertz CT molecular complexity index is 656. The molecular weight excluding hydrogens is 336 g/mol. The maximum Gasteiger partial charge on any atom is 0.226 e. The number of nitrogens with zero attached hydrogens (tertiary/aromatic N) is 2. The lowest BCUT2D eigenvalue weighted by molar-refractivity contribution is -0.121. The van der Waals surface area contributed by atoms with Crippen molar-refractivity contribution in [2.75, 3.05) is 18.5 Å². The molecule has 0 saturated carbocycles. The maximum absolute atomic E-state index is 11.9. The quantitative estimate of drug-likeness (QED) is 0.836. The highest BCUT2D eigenvalue weighted by atomic mass is 35.5. The third-order valence-electron chi connectivity index (χ3n) is 3.41. The van der Waals surface area contributed by atoms with Crippen LogP contribution in [-0.2, 0) is 16.0 Å². The van der Waals surface area contributed by atoms with Crippen molar-refractivity contribution in [2.24, 2.45) is 0 Å². The molecule has 23 heavy (non-hydrogen) atoms. The summed E-state index contributed by atoms with van der Waals surface area (Å²) in [7, 11) is 0. The van der Waals surface area contributed by atoms with Crippen molar-refractivity contribution >= 4 is 39.8 Å². The number of carbonyl (C=O) groups is 1. The van der Waals surface area contributed by atoms with E-state index in [9.17, 15) is 4.79 Å². The fourth-order valence-electron chi connectivity index (χ4n) is 2.26. The van der Waals surface area contributed by atoms with E-state index in [1.165, 1.54) is 11.3 Å². The highest BCUT2D eigenvalue weighted by Crippen LogP contribution is 2.20. The minimum atomic E-state index is -0.0398. The Balaban J connectivity index is 1.48. The van der Waals surface area contributed by atoms with Crippen LogP contribution in [0.4, 0.5) is 10.9 Å². The third-order valence-corrected chi connectivity index (χ3v) is 4.44. The number of rotatable bonds is 6. The number of ether oxygens (including phenoxy) is 1. The molecule has 0 aromatic carbocycles. The smallest absolute Gasteiger partial charge is 0.226 e. The van der Waals surface area contributed by atoms with Crippen molar-refractivity contribution in [1.29, 1.82) is 0 Å². The Morgan fingerprint density at radius 2 is 2.39 bits per heavy atom. The summed E-state index contributed by atoms with van der Waals surface area (Å²) >= 11 is 7.23. The zero-order valence-corrected chi connectivity index (χ0v) is 14.0. The number of amides is 1. The monoisotopic (exact) mass is 352 g/mol. The summed E-state index contributed by atoms with van der Waals surface area (Å²) in [6.45, 7) is 1.36. The number of aromatic nitrogens is 2. The zero-order chi connectivity index (χ0) is 16.1. The molecule has 8 heteroatoms. The molecule has 2 aromatic heterocycles. The molecule has 1 atom stereocenters. The second-order valence-electron chi connectivity index (χ2n) is 5.25. The van der Waals surface area contributed by atoms with E-state index in [1.54, 1.807) is 18.3 Å². The first-order chi connectivity index (χ1) is 11.2. The van der Waals surface area contributed by atoms with Crippen molar-refractivity contribution in [3.05, 3.63) is 34.4 Å². The molecule has 0 radical (unpaired) electrons. The van der Waals surface area contributed by atoms with Gasteiger partial charge in [-0.2, -0.15) is 0 Å². The summed E-state index contributed by atoms with van der Waals surface area (Å²) in [5, 5.41) is 9.12. The van der Waals surface area contributed by atoms with Gasteiger partial charge in [0.05, 0.1) is 23.2 Å². The summed E-state index contributed by atoms with van der Waals surface area (Å²) < 4.78 is 5.48. The van der Waals surface area contributed by atoms with Crippen molar-refractivity contribution in [3.63, 3.8) is 0 Å².